The van der Waals surface area contributed by atoms with Gasteiger partial charge in [-0.1, -0.05) is 12.1 Å². The molecule has 0 spiro atoms. The van der Waals surface area contributed by atoms with Crippen LogP contribution < -0.4 is 10.6 Å². The Morgan fingerprint density at radius 3 is 2.62 bits per heavy atom. The number of methoxy groups -OCH3 is 1. The van der Waals surface area contributed by atoms with E-state index in [4.69, 9.17) is 14.7 Å². The minimum absolute atomic E-state index is 0.142. The van der Waals surface area contributed by atoms with Gasteiger partial charge in [0.1, 0.15) is 0 Å². The number of nitrogens with one attached hydrogen (secondary N) is 2. The summed E-state index contributed by atoms with van der Waals surface area (Å²) in [6.07, 6.45) is 0.186. The van der Waals surface area contributed by atoms with E-state index in [0.717, 1.165) is 0 Å². The van der Waals surface area contributed by atoms with Gasteiger partial charge in [-0.15, -0.1) is 11.8 Å². The Morgan fingerprint density at radius 2 is 1.88 bits per heavy atom. The predicted octanol–water partition coefficient (Wildman–Crippen LogP) is 0.728. The van der Waals surface area contributed by atoms with Crippen molar-refractivity contribution in [2.24, 2.45) is 0 Å². The van der Waals surface area contributed by atoms with E-state index in [1.165, 1.54) is 11.8 Å². The molecule has 0 atom stereocenters. The van der Waals surface area contributed by atoms with E-state index in [-0.39, 0.29) is 30.2 Å². The van der Waals surface area contributed by atoms with E-state index in [0.29, 0.717) is 18.0 Å². The van der Waals surface area contributed by atoms with Crippen LogP contribution in [0.5, 0.6) is 0 Å². The Kier molecular flexibility index (Phi) is 10.5. The smallest absolute Gasteiger partial charge is 0.339 e. The molecular weight excluding hydrogens is 358 g/mol. The van der Waals surface area contributed by atoms with Gasteiger partial charge in [0, 0.05) is 25.1 Å². The number of thioether (sulfide) groups is 1. The van der Waals surface area contributed by atoms with Crippen LogP contribution in [0.1, 0.15) is 16.8 Å². The second-order valence-corrected chi connectivity index (χ2v) is 5.98. The Bertz CT molecular complexity index is 660. The molecule has 0 aliphatic heterocycles. The number of hydrogen-bond acceptors (Lipinski definition) is 7. The third-order valence-electron chi connectivity index (χ3n) is 2.99. The van der Waals surface area contributed by atoms with Crippen LogP contribution in [0.2, 0.25) is 0 Å². The minimum atomic E-state index is -0.650. The Morgan fingerprint density at radius 1 is 1.15 bits per heavy atom. The second-order valence-electron chi connectivity index (χ2n) is 4.96. The van der Waals surface area contributed by atoms with Gasteiger partial charge in [-0.05, 0) is 12.1 Å². The molecule has 26 heavy (non-hydrogen) atoms. The second kappa shape index (κ2) is 12.7. The number of ether oxygens (including phenoxy) is 2. The third-order valence-corrected chi connectivity index (χ3v) is 4.06. The van der Waals surface area contributed by atoms with Crippen LogP contribution in [-0.2, 0) is 19.1 Å². The number of carbonyl (C=O) groups excluding carboxylic acids is 3. The lowest BCUT2D eigenvalue weighted by molar-refractivity contribution is -0.124. The highest BCUT2D eigenvalue weighted by Crippen LogP contribution is 2.23. The molecule has 1 rings (SSSR count). The van der Waals surface area contributed by atoms with Crippen LogP contribution in [0, 0.1) is 11.3 Å². The fourth-order valence-electron chi connectivity index (χ4n) is 1.77. The number of nitriles is 1. The van der Waals surface area contributed by atoms with Gasteiger partial charge in [-0.3, -0.25) is 9.59 Å². The first kappa shape index (κ1) is 21.5. The normalized spacial score (nSPS) is 9.85. The Hall–Kier alpha value is -2.57. The van der Waals surface area contributed by atoms with Gasteiger partial charge in [0.2, 0.25) is 5.91 Å². The lowest BCUT2D eigenvalue weighted by atomic mass is 10.2. The maximum atomic E-state index is 12.2. The molecule has 2 amide bonds. The summed E-state index contributed by atoms with van der Waals surface area (Å²) < 4.78 is 9.83. The molecule has 0 aromatic heterocycles. The molecule has 0 saturated carbocycles. The predicted molar refractivity (Wildman–Crippen MR) is 95.6 cm³/mol. The van der Waals surface area contributed by atoms with Gasteiger partial charge < -0.3 is 20.1 Å². The summed E-state index contributed by atoms with van der Waals surface area (Å²) in [6, 6.07) is 8.59. The van der Waals surface area contributed by atoms with Crippen molar-refractivity contribution in [1.82, 2.24) is 10.6 Å². The summed E-state index contributed by atoms with van der Waals surface area (Å²) in [6.45, 7) is 0.620. The average molecular weight is 379 g/mol. The van der Waals surface area contributed by atoms with Crippen LogP contribution in [0.3, 0.4) is 0 Å². The van der Waals surface area contributed by atoms with E-state index >= 15 is 0 Å². The van der Waals surface area contributed by atoms with Gasteiger partial charge in [0.25, 0.3) is 5.91 Å². The van der Waals surface area contributed by atoms with Crippen molar-refractivity contribution in [3.8, 4) is 6.07 Å². The highest BCUT2D eigenvalue weighted by atomic mass is 32.2. The molecule has 0 heterocycles. The number of esters is 1. The lowest BCUT2D eigenvalue weighted by Crippen LogP contribution is -2.29. The zero-order chi connectivity index (χ0) is 19.2. The van der Waals surface area contributed by atoms with Crippen LogP contribution in [-0.4, -0.2) is 56.9 Å². The zero-order valence-corrected chi connectivity index (χ0v) is 15.3. The highest BCUT2D eigenvalue weighted by Gasteiger charge is 2.15. The molecule has 0 unspecified atom stereocenters. The molecular formula is C17H21N3O5S. The fraction of sp³-hybridized carbons (Fsp3) is 0.412. The number of hydrogen-bond donors (Lipinski definition) is 2. The summed E-state index contributed by atoms with van der Waals surface area (Å²) in [7, 11) is 1.55. The van der Waals surface area contributed by atoms with Crippen LogP contribution in [0.25, 0.3) is 0 Å². The molecule has 9 heteroatoms. The number of nitrogens with zero attached hydrogens (tertiary/aromatic N) is 1. The van der Waals surface area contributed by atoms with E-state index in [1.54, 1.807) is 31.4 Å². The molecule has 0 saturated heterocycles. The van der Waals surface area contributed by atoms with Crippen molar-refractivity contribution in [2.45, 2.75) is 11.3 Å². The van der Waals surface area contributed by atoms with Gasteiger partial charge in [0.05, 0.1) is 30.4 Å². The van der Waals surface area contributed by atoms with Crippen molar-refractivity contribution < 1.29 is 23.9 Å². The third kappa shape index (κ3) is 8.50. The molecule has 0 radical (unpaired) electrons. The zero-order valence-electron chi connectivity index (χ0n) is 14.4. The monoisotopic (exact) mass is 379 g/mol. The standard InChI is InChI=1S/C17H21N3O5S/c1-24-10-9-20-16(22)12-26-14-6-3-2-5-13(14)17(23)25-11-15(21)19-8-4-7-18/h2-3,5-6H,4,8-12H2,1H3,(H,19,21)(H,20,22). The highest BCUT2D eigenvalue weighted by molar-refractivity contribution is 8.00. The van der Waals surface area contributed by atoms with E-state index in [1.807, 2.05) is 6.07 Å². The van der Waals surface area contributed by atoms with Gasteiger partial charge in [-0.2, -0.15) is 5.26 Å². The SMILES string of the molecule is COCCNC(=O)CSc1ccccc1C(=O)OCC(=O)NCCC#N. The number of rotatable bonds is 11. The van der Waals surface area contributed by atoms with Crippen molar-refractivity contribution >= 4 is 29.5 Å². The summed E-state index contributed by atoms with van der Waals surface area (Å²) in [5.74, 6) is -1.16. The van der Waals surface area contributed by atoms with Crippen molar-refractivity contribution in [3.05, 3.63) is 29.8 Å². The van der Waals surface area contributed by atoms with Gasteiger partial charge in [-0.25, -0.2) is 4.79 Å². The first-order chi connectivity index (χ1) is 12.6. The van der Waals surface area contributed by atoms with Gasteiger partial charge >= 0.3 is 5.97 Å². The molecule has 0 fully saturated rings. The first-order valence-electron chi connectivity index (χ1n) is 7.86. The summed E-state index contributed by atoms with van der Waals surface area (Å²) >= 11 is 1.20. The van der Waals surface area contributed by atoms with Crippen molar-refractivity contribution in [3.63, 3.8) is 0 Å². The molecule has 140 valence electrons. The average Bonchev–Trinajstić information content (AvgIpc) is 2.65. The quantitative estimate of drug-likeness (QED) is 0.331. The maximum Gasteiger partial charge on any atom is 0.339 e. The van der Waals surface area contributed by atoms with E-state index < -0.39 is 18.5 Å². The summed E-state index contributed by atoms with van der Waals surface area (Å²) in [5, 5.41) is 13.6. The van der Waals surface area contributed by atoms with Gasteiger partial charge in [0.15, 0.2) is 6.61 Å². The molecule has 1 aromatic carbocycles. The fourth-order valence-corrected chi connectivity index (χ4v) is 2.64. The minimum Gasteiger partial charge on any atom is -0.452 e. The molecule has 2 N–H and O–H groups in total. The molecule has 0 aliphatic carbocycles. The van der Waals surface area contributed by atoms with E-state index in [2.05, 4.69) is 10.6 Å². The molecule has 0 aliphatic rings. The number of carbonyl (C=O) groups is 3. The molecule has 0 bridgehead atoms. The molecule has 1 aromatic rings. The summed E-state index contributed by atoms with van der Waals surface area (Å²) in [4.78, 5) is 36.0. The number of amides is 2. The topological polar surface area (TPSA) is 118 Å². The lowest BCUT2D eigenvalue weighted by Gasteiger charge is -2.09. The maximum absolute atomic E-state index is 12.2. The number of benzene rings is 1. The van der Waals surface area contributed by atoms with Crippen LogP contribution in [0.4, 0.5) is 0 Å². The molecule has 8 nitrogen and oxygen atoms in total. The van der Waals surface area contributed by atoms with Crippen molar-refractivity contribution in [1.29, 1.82) is 5.26 Å². The largest absolute Gasteiger partial charge is 0.452 e. The Labute approximate surface area is 156 Å². The van der Waals surface area contributed by atoms with Crippen molar-refractivity contribution in [2.75, 3.05) is 39.2 Å². The van der Waals surface area contributed by atoms with E-state index in [9.17, 15) is 14.4 Å². The van der Waals surface area contributed by atoms with Crippen LogP contribution in [0.15, 0.2) is 29.2 Å². The summed E-state index contributed by atoms with van der Waals surface area (Å²) in [5.41, 5.74) is 0.284. The van der Waals surface area contributed by atoms with Crippen LogP contribution >= 0.6 is 11.8 Å². The Balaban J connectivity index is 2.51. The first-order valence-corrected chi connectivity index (χ1v) is 8.85.